The summed E-state index contributed by atoms with van der Waals surface area (Å²) in [6, 6.07) is 8.44. The molecule has 0 aliphatic carbocycles. The van der Waals surface area contributed by atoms with Crippen LogP contribution in [-0.4, -0.2) is 7.11 Å². The van der Waals surface area contributed by atoms with E-state index in [-0.39, 0.29) is 11.9 Å². The predicted octanol–water partition coefficient (Wildman–Crippen LogP) is 6.19. The van der Waals surface area contributed by atoms with Gasteiger partial charge in [-0.3, -0.25) is 0 Å². The van der Waals surface area contributed by atoms with Crippen molar-refractivity contribution in [3.8, 4) is 5.75 Å². The Bertz CT molecular complexity index is 666. The first-order valence-corrected chi connectivity index (χ1v) is 8.13. The highest BCUT2D eigenvalue weighted by Gasteiger charge is 2.14. The van der Waals surface area contributed by atoms with E-state index >= 15 is 0 Å². The van der Waals surface area contributed by atoms with Gasteiger partial charge in [0.15, 0.2) is 5.75 Å². The van der Waals surface area contributed by atoms with Gasteiger partial charge in [0.25, 0.3) is 0 Å². The van der Waals surface area contributed by atoms with Gasteiger partial charge in [-0.2, -0.15) is 0 Å². The van der Waals surface area contributed by atoms with Gasteiger partial charge in [0.1, 0.15) is 5.82 Å². The fourth-order valence-electron chi connectivity index (χ4n) is 1.97. The van der Waals surface area contributed by atoms with Crippen LogP contribution in [0.5, 0.6) is 5.75 Å². The van der Waals surface area contributed by atoms with Crippen LogP contribution in [0.1, 0.15) is 18.5 Å². The second-order valence-electron chi connectivity index (χ2n) is 4.51. The van der Waals surface area contributed by atoms with Gasteiger partial charge < -0.3 is 10.1 Å². The highest BCUT2D eigenvalue weighted by Crippen LogP contribution is 2.38. The second kappa shape index (κ2) is 6.99. The maximum Gasteiger partial charge on any atom is 0.156 e. The van der Waals surface area contributed by atoms with Crippen LogP contribution < -0.4 is 10.1 Å². The smallest absolute Gasteiger partial charge is 0.156 e. The molecule has 0 amide bonds. The number of halogens is 4. The van der Waals surface area contributed by atoms with Gasteiger partial charge >= 0.3 is 0 Å². The van der Waals surface area contributed by atoms with Crippen molar-refractivity contribution < 1.29 is 9.13 Å². The first-order chi connectivity index (χ1) is 9.92. The third-order valence-electron chi connectivity index (χ3n) is 3.03. The molecule has 0 saturated heterocycles. The van der Waals surface area contributed by atoms with Crippen LogP contribution in [-0.2, 0) is 0 Å². The lowest BCUT2D eigenvalue weighted by Crippen LogP contribution is -2.08. The van der Waals surface area contributed by atoms with Gasteiger partial charge in [-0.25, -0.2) is 4.39 Å². The monoisotopic (exact) mass is 435 g/mol. The fraction of sp³-hybridized carbons (Fsp3) is 0.200. The summed E-state index contributed by atoms with van der Waals surface area (Å²) in [7, 11) is 1.60. The lowest BCUT2D eigenvalue weighted by atomic mass is 10.1. The van der Waals surface area contributed by atoms with E-state index in [0.717, 1.165) is 15.7 Å². The normalized spacial score (nSPS) is 12.1. The summed E-state index contributed by atoms with van der Waals surface area (Å²) in [5.41, 5.74) is 1.71. The van der Waals surface area contributed by atoms with Crippen molar-refractivity contribution in [1.29, 1.82) is 0 Å². The van der Waals surface area contributed by atoms with E-state index in [1.165, 1.54) is 6.07 Å². The molecule has 0 saturated carbocycles. The molecular weight excluding hydrogens is 424 g/mol. The molecule has 1 N–H and O–H groups in total. The van der Waals surface area contributed by atoms with Crippen molar-refractivity contribution in [2.45, 2.75) is 13.0 Å². The van der Waals surface area contributed by atoms with Crippen LogP contribution in [0.2, 0.25) is 5.02 Å². The van der Waals surface area contributed by atoms with E-state index in [9.17, 15) is 4.39 Å². The fourth-order valence-corrected chi connectivity index (χ4v) is 3.34. The summed E-state index contributed by atoms with van der Waals surface area (Å²) in [5.74, 6) is 0.390. The van der Waals surface area contributed by atoms with Crippen molar-refractivity contribution in [3.05, 3.63) is 55.7 Å². The standard InChI is InChI=1S/C15H13Br2ClFNO/c1-8(9-3-4-13(19)11(16)5-9)20-14-7-10(18)6-12(17)15(14)21-2/h3-8,20H,1-2H3. The van der Waals surface area contributed by atoms with Crippen LogP contribution in [0.25, 0.3) is 0 Å². The van der Waals surface area contributed by atoms with Gasteiger partial charge in [-0.05, 0) is 68.6 Å². The van der Waals surface area contributed by atoms with Crippen molar-refractivity contribution in [1.82, 2.24) is 0 Å². The van der Waals surface area contributed by atoms with E-state index in [1.54, 1.807) is 31.4 Å². The first kappa shape index (κ1) is 16.6. The number of methoxy groups -OCH3 is 1. The maximum absolute atomic E-state index is 13.3. The molecular formula is C15H13Br2ClFNO. The zero-order valence-corrected chi connectivity index (χ0v) is 15.3. The van der Waals surface area contributed by atoms with E-state index < -0.39 is 0 Å². The topological polar surface area (TPSA) is 21.3 Å². The highest BCUT2D eigenvalue weighted by atomic mass is 79.9. The van der Waals surface area contributed by atoms with Crippen LogP contribution >= 0.6 is 43.5 Å². The molecule has 6 heteroatoms. The number of anilines is 1. The van der Waals surface area contributed by atoms with Gasteiger partial charge in [-0.1, -0.05) is 17.7 Å². The van der Waals surface area contributed by atoms with Crippen LogP contribution in [0.4, 0.5) is 10.1 Å². The van der Waals surface area contributed by atoms with Crippen molar-refractivity contribution in [2.24, 2.45) is 0 Å². The van der Waals surface area contributed by atoms with Gasteiger partial charge in [0.2, 0.25) is 0 Å². The van der Waals surface area contributed by atoms with Crippen molar-refractivity contribution >= 4 is 49.1 Å². The Labute approximate surface area is 144 Å². The molecule has 0 radical (unpaired) electrons. The molecule has 21 heavy (non-hydrogen) atoms. The molecule has 0 aliphatic heterocycles. The Morgan fingerprint density at radius 2 is 1.90 bits per heavy atom. The Morgan fingerprint density at radius 3 is 2.52 bits per heavy atom. The van der Waals surface area contributed by atoms with Crippen LogP contribution in [0, 0.1) is 5.82 Å². The molecule has 1 atom stereocenters. The lowest BCUT2D eigenvalue weighted by molar-refractivity contribution is 0.413. The molecule has 2 rings (SSSR count). The molecule has 2 aromatic carbocycles. The Kier molecular flexibility index (Phi) is 5.52. The zero-order chi connectivity index (χ0) is 15.6. The predicted molar refractivity (Wildman–Crippen MR) is 91.8 cm³/mol. The third kappa shape index (κ3) is 3.90. The Morgan fingerprint density at radius 1 is 1.19 bits per heavy atom. The van der Waals surface area contributed by atoms with E-state index in [4.69, 9.17) is 16.3 Å². The molecule has 0 heterocycles. The average Bonchev–Trinajstić information content (AvgIpc) is 2.41. The minimum Gasteiger partial charge on any atom is -0.493 e. The third-order valence-corrected chi connectivity index (χ3v) is 4.44. The molecule has 2 nitrogen and oxygen atoms in total. The second-order valence-corrected chi connectivity index (χ2v) is 6.65. The van der Waals surface area contributed by atoms with Crippen molar-refractivity contribution in [3.63, 3.8) is 0 Å². The maximum atomic E-state index is 13.3. The molecule has 0 spiro atoms. The van der Waals surface area contributed by atoms with E-state index in [1.807, 2.05) is 6.92 Å². The Balaban J connectivity index is 2.30. The molecule has 1 unspecified atom stereocenters. The SMILES string of the molecule is COc1c(Br)cc(Cl)cc1NC(C)c1ccc(F)c(Br)c1. The van der Waals surface area contributed by atoms with Crippen LogP contribution in [0.15, 0.2) is 39.3 Å². The Hall–Kier alpha value is -0.780. The number of hydrogen-bond acceptors (Lipinski definition) is 2. The average molecular weight is 438 g/mol. The molecule has 0 fully saturated rings. The summed E-state index contributed by atoms with van der Waals surface area (Å²) < 4.78 is 19.9. The van der Waals surface area contributed by atoms with Gasteiger partial charge in [-0.15, -0.1) is 0 Å². The minimum absolute atomic E-state index is 0.0406. The molecule has 0 aliphatic rings. The molecule has 0 aromatic heterocycles. The number of ether oxygens (including phenoxy) is 1. The number of benzene rings is 2. The quantitative estimate of drug-likeness (QED) is 0.616. The molecule has 0 bridgehead atoms. The van der Waals surface area contributed by atoms with Gasteiger partial charge in [0, 0.05) is 11.1 Å². The number of rotatable bonds is 4. The summed E-state index contributed by atoms with van der Waals surface area (Å²) in [5, 5.41) is 3.92. The van der Waals surface area contributed by atoms with Crippen LogP contribution in [0.3, 0.4) is 0 Å². The first-order valence-electron chi connectivity index (χ1n) is 6.17. The largest absolute Gasteiger partial charge is 0.493 e. The minimum atomic E-state index is -0.283. The molecule has 112 valence electrons. The summed E-state index contributed by atoms with van der Waals surface area (Å²) >= 11 is 12.7. The summed E-state index contributed by atoms with van der Waals surface area (Å²) in [6.07, 6.45) is 0. The highest BCUT2D eigenvalue weighted by molar-refractivity contribution is 9.10. The number of hydrogen-bond donors (Lipinski definition) is 1. The van der Waals surface area contributed by atoms with E-state index in [2.05, 4.69) is 37.2 Å². The summed E-state index contributed by atoms with van der Waals surface area (Å²) in [6.45, 7) is 1.98. The lowest BCUT2D eigenvalue weighted by Gasteiger charge is -2.19. The zero-order valence-electron chi connectivity index (χ0n) is 11.4. The number of nitrogens with one attached hydrogen (secondary N) is 1. The summed E-state index contributed by atoms with van der Waals surface area (Å²) in [4.78, 5) is 0. The van der Waals surface area contributed by atoms with Gasteiger partial charge in [0.05, 0.1) is 21.7 Å². The van der Waals surface area contributed by atoms with Crippen molar-refractivity contribution in [2.75, 3.05) is 12.4 Å². The van der Waals surface area contributed by atoms with E-state index in [0.29, 0.717) is 15.2 Å². The molecule has 2 aromatic rings.